The molecule has 0 aliphatic carbocycles. The average Bonchev–Trinajstić information content (AvgIpc) is 3.06. The molecule has 1 saturated heterocycles. The summed E-state index contributed by atoms with van der Waals surface area (Å²) in [5.74, 6) is 1.09. The number of hydrogen-bond acceptors (Lipinski definition) is 5. The molecule has 4 heterocycles. The Morgan fingerprint density at radius 2 is 2.21 bits per heavy atom. The molecular weight excluding hydrogens is 302 g/mol. The first-order chi connectivity index (χ1) is 11.7. The molecule has 124 valence electrons. The summed E-state index contributed by atoms with van der Waals surface area (Å²) in [5.41, 5.74) is 2.81. The van der Waals surface area contributed by atoms with Crippen LogP contribution in [0.4, 0.5) is 5.82 Å². The molecule has 0 N–H and O–H groups in total. The lowest BCUT2D eigenvalue weighted by atomic mass is 10.0. The zero-order valence-electron chi connectivity index (χ0n) is 13.9. The second kappa shape index (κ2) is 6.19. The number of carbonyl (C=O) groups is 1. The number of amides is 1. The maximum absolute atomic E-state index is 12.6. The van der Waals surface area contributed by atoms with Crippen molar-refractivity contribution in [2.45, 2.75) is 38.8 Å². The fourth-order valence-electron chi connectivity index (χ4n) is 3.68. The van der Waals surface area contributed by atoms with Gasteiger partial charge in [0.05, 0.1) is 17.8 Å². The van der Waals surface area contributed by atoms with Crippen LogP contribution in [0.15, 0.2) is 30.9 Å². The number of carbonyl (C=O) groups excluding carboxylic acids is 1. The fourth-order valence-corrected chi connectivity index (χ4v) is 3.68. The quantitative estimate of drug-likeness (QED) is 0.846. The lowest BCUT2D eigenvalue weighted by Crippen LogP contribution is -2.38. The Balaban J connectivity index is 1.59. The van der Waals surface area contributed by atoms with Crippen molar-refractivity contribution >= 4 is 11.7 Å². The summed E-state index contributed by atoms with van der Waals surface area (Å²) in [7, 11) is 0. The number of aromatic nitrogens is 3. The Bertz CT molecular complexity index is 748. The van der Waals surface area contributed by atoms with E-state index < -0.39 is 0 Å². The normalized spacial score (nSPS) is 20.1. The second-order valence-corrected chi connectivity index (χ2v) is 6.53. The SMILES string of the molecule is CC1CCCN1c1ncnc2c1CCN(C(=O)c1cccnc1)C2. The highest BCUT2D eigenvalue weighted by Crippen LogP contribution is 2.30. The summed E-state index contributed by atoms with van der Waals surface area (Å²) in [4.78, 5) is 29.9. The third-order valence-electron chi connectivity index (χ3n) is 5.00. The van der Waals surface area contributed by atoms with Crippen LogP contribution in [0.1, 0.15) is 41.4 Å². The number of fused-ring (bicyclic) bond motifs is 1. The first kappa shape index (κ1) is 15.1. The minimum atomic E-state index is 0.0171. The Hall–Kier alpha value is -2.50. The molecule has 0 spiro atoms. The van der Waals surface area contributed by atoms with Gasteiger partial charge in [-0.1, -0.05) is 0 Å². The third kappa shape index (κ3) is 2.62. The predicted octanol–water partition coefficient (Wildman–Crippen LogP) is 2.06. The average molecular weight is 323 g/mol. The molecule has 1 unspecified atom stereocenters. The lowest BCUT2D eigenvalue weighted by Gasteiger charge is -2.32. The molecule has 24 heavy (non-hydrogen) atoms. The van der Waals surface area contributed by atoms with Gasteiger partial charge >= 0.3 is 0 Å². The van der Waals surface area contributed by atoms with Gasteiger partial charge in [-0.05, 0) is 38.3 Å². The second-order valence-electron chi connectivity index (χ2n) is 6.53. The van der Waals surface area contributed by atoms with Crippen molar-refractivity contribution in [3.63, 3.8) is 0 Å². The van der Waals surface area contributed by atoms with E-state index in [-0.39, 0.29) is 5.91 Å². The number of hydrogen-bond donors (Lipinski definition) is 0. The summed E-state index contributed by atoms with van der Waals surface area (Å²) >= 11 is 0. The molecule has 0 aromatic carbocycles. The molecule has 6 heteroatoms. The first-order valence-electron chi connectivity index (χ1n) is 8.52. The van der Waals surface area contributed by atoms with Crippen molar-refractivity contribution in [3.05, 3.63) is 47.7 Å². The van der Waals surface area contributed by atoms with E-state index in [9.17, 15) is 4.79 Å². The molecule has 0 saturated carbocycles. The lowest BCUT2D eigenvalue weighted by molar-refractivity contribution is 0.0731. The third-order valence-corrected chi connectivity index (χ3v) is 5.00. The molecular formula is C18H21N5O. The molecule has 2 aromatic rings. The van der Waals surface area contributed by atoms with Gasteiger partial charge in [-0.2, -0.15) is 0 Å². The van der Waals surface area contributed by atoms with Crippen LogP contribution in [-0.4, -0.2) is 44.9 Å². The standard InChI is InChI=1S/C18H21N5O/c1-13-4-3-8-23(13)17-15-6-9-22(11-16(15)20-12-21-17)18(24)14-5-2-7-19-10-14/h2,5,7,10,12-13H,3-4,6,8-9,11H2,1H3. The van der Waals surface area contributed by atoms with Crippen molar-refractivity contribution in [2.75, 3.05) is 18.0 Å². The van der Waals surface area contributed by atoms with Crippen molar-refractivity contribution < 1.29 is 4.79 Å². The number of anilines is 1. The highest BCUT2D eigenvalue weighted by atomic mass is 16.2. The van der Waals surface area contributed by atoms with Gasteiger partial charge in [0, 0.05) is 37.1 Å². The van der Waals surface area contributed by atoms with Crippen LogP contribution >= 0.6 is 0 Å². The molecule has 1 fully saturated rings. The maximum atomic E-state index is 12.6. The van der Waals surface area contributed by atoms with Crippen molar-refractivity contribution in [1.82, 2.24) is 19.9 Å². The highest BCUT2D eigenvalue weighted by Gasteiger charge is 2.29. The molecule has 1 atom stereocenters. The van der Waals surface area contributed by atoms with E-state index in [1.165, 1.54) is 18.4 Å². The number of nitrogens with zero attached hydrogens (tertiary/aromatic N) is 5. The summed E-state index contributed by atoms with van der Waals surface area (Å²) in [5, 5.41) is 0. The van der Waals surface area contributed by atoms with E-state index in [4.69, 9.17) is 0 Å². The van der Waals surface area contributed by atoms with Crippen LogP contribution in [0.25, 0.3) is 0 Å². The van der Waals surface area contributed by atoms with Crippen LogP contribution in [0.3, 0.4) is 0 Å². The van der Waals surface area contributed by atoms with Crippen molar-refractivity contribution in [1.29, 1.82) is 0 Å². The largest absolute Gasteiger partial charge is 0.354 e. The van der Waals surface area contributed by atoms with Gasteiger partial charge in [0.1, 0.15) is 12.1 Å². The highest BCUT2D eigenvalue weighted by molar-refractivity contribution is 5.94. The van der Waals surface area contributed by atoms with Gasteiger partial charge in [-0.25, -0.2) is 9.97 Å². The van der Waals surface area contributed by atoms with E-state index in [0.717, 1.165) is 24.5 Å². The van der Waals surface area contributed by atoms with Crippen LogP contribution in [-0.2, 0) is 13.0 Å². The van der Waals surface area contributed by atoms with Crippen LogP contribution in [0.5, 0.6) is 0 Å². The Labute approximate surface area is 141 Å². The fraction of sp³-hybridized carbons (Fsp3) is 0.444. The van der Waals surface area contributed by atoms with E-state index in [2.05, 4.69) is 26.8 Å². The molecule has 4 rings (SSSR count). The van der Waals surface area contributed by atoms with E-state index >= 15 is 0 Å². The van der Waals surface area contributed by atoms with Gasteiger partial charge in [0.2, 0.25) is 0 Å². The molecule has 1 amide bonds. The smallest absolute Gasteiger partial charge is 0.255 e. The summed E-state index contributed by atoms with van der Waals surface area (Å²) < 4.78 is 0. The first-order valence-corrected chi connectivity index (χ1v) is 8.52. The zero-order chi connectivity index (χ0) is 16.5. The number of rotatable bonds is 2. The molecule has 2 aliphatic rings. The van der Waals surface area contributed by atoms with E-state index in [1.54, 1.807) is 24.8 Å². The van der Waals surface area contributed by atoms with Crippen molar-refractivity contribution in [2.24, 2.45) is 0 Å². The summed E-state index contributed by atoms with van der Waals surface area (Å²) in [6.45, 7) is 4.55. The van der Waals surface area contributed by atoms with E-state index in [1.807, 2.05) is 11.0 Å². The van der Waals surface area contributed by atoms with Crippen molar-refractivity contribution in [3.8, 4) is 0 Å². The predicted molar refractivity (Wildman–Crippen MR) is 90.8 cm³/mol. The Morgan fingerprint density at radius 3 is 2.96 bits per heavy atom. The summed E-state index contributed by atoms with van der Waals surface area (Å²) in [6.07, 6.45) is 8.17. The molecule has 0 bridgehead atoms. The summed E-state index contributed by atoms with van der Waals surface area (Å²) in [6, 6.07) is 4.13. The molecule has 6 nitrogen and oxygen atoms in total. The van der Waals surface area contributed by atoms with Gasteiger partial charge in [-0.3, -0.25) is 9.78 Å². The molecule has 2 aromatic heterocycles. The molecule has 2 aliphatic heterocycles. The zero-order valence-corrected chi connectivity index (χ0v) is 13.9. The number of pyridine rings is 1. The topological polar surface area (TPSA) is 62.2 Å². The van der Waals surface area contributed by atoms with Gasteiger partial charge in [0.15, 0.2) is 0 Å². The Kier molecular flexibility index (Phi) is 3.88. The van der Waals surface area contributed by atoms with Crippen LogP contribution in [0.2, 0.25) is 0 Å². The van der Waals surface area contributed by atoms with Crippen LogP contribution in [0, 0.1) is 0 Å². The van der Waals surface area contributed by atoms with E-state index in [0.29, 0.717) is 24.7 Å². The van der Waals surface area contributed by atoms with Gasteiger partial charge < -0.3 is 9.80 Å². The minimum Gasteiger partial charge on any atom is -0.354 e. The maximum Gasteiger partial charge on any atom is 0.255 e. The minimum absolute atomic E-state index is 0.0171. The molecule has 0 radical (unpaired) electrons. The van der Waals surface area contributed by atoms with Gasteiger partial charge in [0.25, 0.3) is 5.91 Å². The Morgan fingerprint density at radius 1 is 1.29 bits per heavy atom. The monoisotopic (exact) mass is 323 g/mol. The van der Waals surface area contributed by atoms with Gasteiger partial charge in [-0.15, -0.1) is 0 Å². The van der Waals surface area contributed by atoms with Crippen LogP contribution < -0.4 is 4.90 Å².